The van der Waals surface area contributed by atoms with Gasteiger partial charge in [0, 0.05) is 23.5 Å². The maximum Gasteiger partial charge on any atom is 0.306 e. The van der Waals surface area contributed by atoms with Crippen LogP contribution in [0, 0.1) is 17.2 Å². The fourth-order valence-corrected chi connectivity index (χ4v) is 3.19. The molecule has 1 amide bonds. The number of nitrogens with one attached hydrogen (secondary N) is 2. The molecule has 136 valence electrons. The van der Waals surface area contributed by atoms with Crippen LogP contribution in [0.2, 0.25) is 0 Å². The van der Waals surface area contributed by atoms with Crippen LogP contribution in [0.15, 0.2) is 30.5 Å². The molecule has 1 saturated carbocycles. The smallest absolute Gasteiger partial charge is 0.306 e. The Balaban J connectivity index is 1.39. The Labute approximate surface area is 152 Å². The van der Waals surface area contributed by atoms with E-state index in [1.54, 1.807) is 6.92 Å². The molecule has 2 N–H and O–H groups in total. The van der Waals surface area contributed by atoms with Gasteiger partial charge in [0.1, 0.15) is 5.54 Å². The fourth-order valence-electron chi connectivity index (χ4n) is 3.19. The van der Waals surface area contributed by atoms with E-state index in [1.807, 2.05) is 24.4 Å². The molecule has 1 aliphatic rings. The largest absolute Gasteiger partial charge is 0.456 e. The van der Waals surface area contributed by atoms with Gasteiger partial charge in [-0.3, -0.25) is 9.59 Å². The number of benzene rings is 1. The maximum absolute atomic E-state index is 11.9. The molecule has 26 heavy (non-hydrogen) atoms. The normalized spacial score (nSPS) is 15.8. The molecule has 1 atom stereocenters. The summed E-state index contributed by atoms with van der Waals surface area (Å²) in [5.41, 5.74) is 1.39. The highest BCUT2D eigenvalue weighted by Gasteiger charge is 2.43. The third-order valence-electron chi connectivity index (χ3n) is 4.89. The molecule has 1 aromatic carbocycles. The van der Waals surface area contributed by atoms with Crippen LogP contribution in [0.25, 0.3) is 10.9 Å². The van der Waals surface area contributed by atoms with E-state index >= 15 is 0 Å². The van der Waals surface area contributed by atoms with Crippen LogP contribution in [0.3, 0.4) is 0 Å². The summed E-state index contributed by atoms with van der Waals surface area (Å²) in [4.78, 5) is 27.0. The Bertz CT molecular complexity index is 847. The number of rotatable bonds is 8. The molecule has 0 aliphatic heterocycles. The first kappa shape index (κ1) is 18.0. The average molecular weight is 353 g/mol. The monoisotopic (exact) mass is 353 g/mol. The summed E-state index contributed by atoms with van der Waals surface area (Å²) in [5.74, 6) is -0.626. The van der Waals surface area contributed by atoms with Gasteiger partial charge in [0.25, 0.3) is 5.91 Å². The van der Waals surface area contributed by atoms with Gasteiger partial charge in [-0.05, 0) is 50.2 Å². The van der Waals surface area contributed by atoms with Crippen LogP contribution in [-0.2, 0) is 20.7 Å². The van der Waals surface area contributed by atoms with Crippen molar-refractivity contribution in [1.82, 2.24) is 10.3 Å². The van der Waals surface area contributed by atoms with Crippen molar-refractivity contribution >= 4 is 22.8 Å². The number of fused-ring (bicyclic) bond motifs is 1. The minimum atomic E-state index is -0.862. The Morgan fingerprint density at radius 1 is 1.38 bits per heavy atom. The number of aryl methyl sites for hydroxylation is 1. The number of nitriles is 1. The zero-order valence-electron chi connectivity index (χ0n) is 14.9. The number of aromatic amines is 1. The number of ether oxygens (including phenoxy) is 1. The first-order chi connectivity index (χ1) is 12.5. The molecule has 1 heterocycles. The van der Waals surface area contributed by atoms with Gasteiger partial charge in [-0.1, -0.05) is 18.2 Å². The highest BCUT2D eigenvalue weighted by molar-refractivity contribution is 5.83. The molecular formula is C20H23N3O3. The summed E-state index contributed by atoms with van der Waals surface area (Å²) in [7, 11) is 0. The highest BCUT2D eigenvalue weighted by atomic mass is 16.5. The Morgan fingerprint density at radius 3 is 2.88 bits per heavy atom. The van der Waals surface area contributed by atoms with Crippen LogP contribution < -0.4 is 5.32 Å². The first-order valence-corrected chi connectivity index (χ1v) is 8.95. The molecule has 3 rings (SSSR count). The number of esters is 1. The number of hydrogen-bond donors (Lipinski definition) is 2. The van der Waals surface area contributed by atoms with Gasteiger partial charge in [0.05, 0.1) is 6.07 Å². The van der Waals surface area contributed by atoms with Crippen molar-refractivity contribution in [2.75, 3.05) is 6.61 Å². The van der Waals surface area contributed by atoms with E-state index in [1.165, 1.54) is 5.56 Å². The zero-order chi connectivity index (χ0) is 18.6. The van der Waals surface area contributed by atoms with Crippen LogP contribution >= 0.6 is 0 Å². The molecule has 0 unspecified atom stereocenters. The molecule has 0 spiro atoms. The van der Waals surface area contributed by atoms with Gasteiger partial charge in [-0.2, -0.15) is 5.26 Å². The lowest BCUT2D eigenvalue weighted by atomic mass is 9.98. The van der Waals surface area contributed by atoms with Crippen molar-refractivity contribution in [3.05, 3.63) is 36.0 Å². The SMILES string of the molecule is C[C@@](C#N)(NC(=O)COC(=O)CCCc1c[nH]c2ccccc12)C1CC1. The van der Waals surface area contributed by atoms with Gasteiger partial charge in [0.15, 0.2) is 6.61 Å². The number of aromatic nitrogens is 1. The van der Waals surface area contributed by atoms with E-state index in [4.69, 9.17) is 4.74 Å². The molecular weight excluding hydrogens is 330 g/mol. The molecule has 0 saturated heterocycles. The molecule has 1 aromatic heterocycles. The number of nitrogens with zero attached hydrogens (tertiary/aromatic N) is 1. The quantitative estimate of drug-likeness (QED) is 0.713. The number of hydrogen-bond acceptors (Lipinski definition) is 4. The van der Waals surface area contributed by atoms with Gasteiger partial charge >= 0.3 is 5.97 Å². The average Bonchev–Trinajstić information content (AvgIpc) is 3.43. The molecule has 2 aromatic rings. The summed E-state index contributed by atoms with van der Waals surface area (Å²) in [6, 6.07) is 10.2. The van der Waals surface area contributed by atoms with Crippen LogP contribution in [-0.4, -0.2) is 29.0 Å². The van der Waals surface area contributed by atoms with Crippen molar-refractivity contribution in [3.63, 3.8) is 0 Å². The van der Waals surface area contributed by atoms with Crippen molar-refractivity contribution in [3.8, 4) is 6.07 Å². The van der Waals surface area contributed by atoms with Crippen LogP contribution in [0.4, 0.5) is 0 Å². The first-order valence-electron chi connectivity index (χ1n) is 8.95. The Morgan fingerprint density at radius 2 is 2.15 bits per heavy atom. The second-order valence-electron chi connectivity index (χ2n) is 7.01. The van der Waals surface area contributed by atoms with Gasteiger partial charge in [-0.15, -0.1) is 0 Å². The molecule has 1 fully saturated rings. The third-order valence-corrected chi connectivity index (χ3v) is 4.89. The fraction of sp³-hybridized carbons (Fsp3) is 0.450. The van der Waals surface area contributed by atoms with Gasteiger partial charge in [0.2, 0.25) is 0 Å². The third kappa shape index (κ3) is 4.23. The molecule has 0 bridgehead atoms. The predicted molar refractivity (Wildman–Crippen MR) is 97.1 cm³/mol. The Kier molecular flexibility index (Phi) is 5.27. The lowest BCUT2D eigenvalue weighted by Gasteiger charge is -2.22. The number of carbonyl (C=O) groups is 2. The maximum atomic E-state index is 11.9. The number of para-hydroxylation sites is 1. The lowest BCUT2D eigenvalue weighted by molar-refractivity contribution is -0.149. The minimum Gasteiger partial charge on any atom is -0.456 e. The molecule has 6 heteroatoms. The van der Waals surface area contributed by atoms with Crippen molar-refractivity contribution < 1.29 is 14.3 Å². The van der Waals surface area contributed by atoms with Crippen molar-refractivity contribution in [2.24, 2.45) is 5.92 Å². The molecule has 6 nitrogen and oxygen atoms in total. The van der Waals surface area contributed by atoms with Gasteiger partial charge in [-0.25, -0.2) is 0 Å². The summed E-state index contributed by atoms with van der Waals surface area (Å²) in [6.45, 7) is 1.38. The second kappa shape index (κ2) is 7.61. The van der Waals surface area contributed by atoms with E-state index in [0.29, 0.717) is 6.42 Å². The molecule has 0 radical (unpaired) electrons. The highest BCUT2D eigenvalue weighted by Crippen LogP contribution is 2.39. The van der Waals surface area contributed by atoms with Crippen molar-refractivity contribution in [2.45, 2.75) is 44.6 Å². The Hall–Kier alpha value is -2.81. The minimum absolute atomic E-state index is 0.198. The van der Waals surface area contributed by atoms with Crippen LogP contribution in [0.5, 0.6) is 0 Å². The summed E-state index contributed by atoms with van der Waals surface area (Å²) >= 11 is 0. The topological polar surface area (TPSA) is 95.0 Å². The summed E-state index contributed by atoms with van der Waals surface area (Å²) in [5, 5.41) is 13.1. The van der Waals surface area contributed by atoms with Crippen LogP contribution in [0.1, 0.15) is 38.2 Å². The predicted octanol–water partition coefficient (Wildman–Crippen LogP) is 2.84. The second-order valence-corrected chi connectivity index (χ2v) is 7.01. The summed E-state index contributed by atoms with van der Waals surface area (Å²) < 4.78 is 5.03. The van der Waals surface area contributed by atoms with E-state index in [0.717, 1.165) is 30.2 Å². The standard InChI is InChI=1S/C20H23N3O3/c1-20(13-21,15-9-10-15)23-18(24)12-26-19(25)8-4-5-14-11-22-17-7-3-2-6-16(14)17/h2-3,6-7,11,15,22H,4-5,8-10,12H2,1H3,(H,23,24)/t20-/m0/s1. The number of amides is 1. The van der Waals surface area contributed by atoms with Crippen molar-refractivity contribution in [1.29, 1.82) is 5.26 Å². The lowest BCUT2D eigenvalue weighted by Crippen LogP contribution is -2.48. The molecule has 1 aliphatic carbocycles. The number of carbonyl (C=O) groups excluding carboxylic acids is 2. The number of H-pyrrole nitrogens is 1. The summed E-state index contributed by atoms with van der Waals surface area (Å²) in [6.07, 6.45) is 5.52. The van der Waals surface area contributed by atoms with E-state index in [-0.39, 0.29) is 18.9 Å². The van der Waals surface area contributed by atoms with E-state index < -0.39 is 17.4 Å². The zero-order valence-corrected chi connectivity index (χ0v) is 14.9. The van der Waals surface area contributed by atoms with E-state index in [2.05, 4.69) is 22.4 Å². The van der Waals surface area contributed by atoms with E-state index in [9.17, 15) is 14.9 Å². The van der Waals surface area contributed by atoms with Gasteiger partial charge < -0.3 is 15.0 Å².